The largest absolute Gasteiger partial charge is 0.356 e. The van der Waals surface area contributed by atoms with Crippen molar-refractivity contribution in [2.24, 2.45) is 5.92 Å². The number of hydrogen-bond acceptors (Lipinski definition) is 3. The van der Waals surface area contributed by atoms with Crippen molar-refractivity contribution < 1.29 is 9.59 Å². The van der Waals surface area contributed by atoms with E-state index in [0.717, 1.165) is 18.0 Å². The van der Waals surface area contributed by atoms with E-state index in [2.05, 4.69) is 46.4 Å². The van der Waals surface area contributed by atoms with Crippen LogP contribution in [0.4, 0.5) is 0 Å². The van der Waals surface area contributed by atoms with Crippen LogP contribution in [0.2, 0.25) is 0 Å². The Bertz CT molecular complexity index is 756. The Balaban J connectivity index is 1.49. The Morgan fingerprint density at radius 2 is 1.81 bits per heavy atom. The minimum atomic E-state index is -0.205. The van der Waals surface area contributed by atoms with Crippen molar-refractivity contribution in [2.45, 2.75) is 39.8 Å². The molecule has 2 heterocycles. The molecule has 26 heavy (non-hydrogen) atoms. The number of aromatic amines is 1. The van der Waals surface area contributed by atoms with Gasteiger partial charge in [-0.05, 0) is 56.0 Å². The molecule has 3 rings (SSSR count). The van der Waals surface area contributed by atoms with Crippen molar-refractivity contribution in [1.82, 2.24) is 15.2 Å². The Hall–Kier alpha value is -2.40. The smallest absolute Gasteiger partial charge is 0.267 e. The van der Waals surface area contributed by atoms with Gasteiger partial charge in [0.25, 0.3) is 5.91 Å². The third-order valence-electron chi connectivity index (χ3n) is 5.09. The number of carbonyl (C=O) groups is 2. The molecule has 0 saturated carbocycles. The minimum Gasteiger partial charge on any atom is -0.356 e. The van der Waals surface area contributed by atoms with Crippen molar-refractivity contribution >= 4 is 11.7 Å². The van der Waals surface area contributed by atoms with Crippen molar-refractivity contribution in [1.29, 1.82) is 0 Å². The lowest BCUT2D eigenvalue weighted by molar-refractivity contribution is 0.0946. The molecule has 5 heteroatoms. The molecule has 1 aliphatic heterocycles. The third-order valence-corrected chi connectivity index (χ3v) is 5.09. The van der Waals surface area contributed by atoms with Gasteiger partial charge in [-0.3, -0.25) is 14.5 Å². The fourth-order valence-electron chi connectivity index (χ4n) is 3.25. The molecule has 1 aromatic carbocycles. The second-order valence-corrected chi connectivity index (χ2v) is 7.32. The SMILES string of the molecule is CC(=O)c1c[nH]c(C(=O)NCc2ccc(CN3CCC(C)CC3)cc2)c1. The van der Waals surface area contributed by atoms with Crippen LogP contribution in [0.3, 0.4) is 0 Å². The zero-order chi connectivity index (χ0) is 18.5. The van der Waals surface area contributed by atoms with Gasteiger partial charge in [0.05, 0.1) is 0 Å². The summed E-state index contributed by atoms with van der Waals surface area (Å²) in [6.45, 7) is 7.63. The van der Waals surface area contributed by atoms with Crippen LogP contribution in [0, 0.1) is 5.92 Å². The number of piperidine rings is 1. The van der Waals surface area contributed by atoms with Crippen LogP contribution in [-0.4, -0.2) is 34.7 Å². The fraction of sp³-hybridized carbons (Fsp3) is 0.429. The Morgan fingerprint density at radius 3 is 2.42 bits per heavy atom. The summed E-state index contributed by atoms with van der Waals surface area (Å²) < 4.78 is 0. The lowest BCUT2D eigenvalue weighted by Gasteiger charge is -2.30. The van der Waals surface area contributed by atoms with Gasteiger partial charge in [0.1, 0.15) is 5.69 Å². The number of carbonyl (C=O) groups excluding carboxylic acids is 2. The van der Waals surface area contributed by atoms with Crippen molar-refractivity contribution in [3.05, 3.63) is 58.9 Å². The van der Waals surface area contributed by atoms with E-state index >= 15 is 0 Å². The van der Waals surface area contributed by atoms with Crippen LogP contribution >= 0.6 is 0 Å². The maximum Gasteiger partial charge on any atom is 0.267 e. The van der Waals surface area contributed by atoms with Crippen LogP contribution in [0.5, 0.6) is 0 Å². The molecule has 0 radical (unpaired) electrons. The van der Waals surface area contributed by atoms with E-state index in [1.807, 2.05) is 0 Å². The quantitative estimate of drug-likeness (QED) is 0.783. The van der Waals surface area contributed by atoms with Crippen LogP contribution in [0.1, 0.15) is 58.7 Å². The van der Waals surface area contributed by atoms with E-state index in [1.165, 1.54) is 38.4 Å². The molecule has 1 amide bonds. The Morgan fingerprint density at radius 1 is 1.15 bits per heavy atom. The number of nitrogens with one attached hydrogen (secondary N) is 2. The number of ketones is 1. The molecule has 2 N–H and O–H groups in total. The van der Waals surface area contributed by atoms with Gasteiger partial charge in [-0.15, -0.1) is 0 Å². The monoisotopic (exact) mass is 353 g/mol. The molecular weight excluding hydrogens is 326 g/mol. The summed E-state index contributed by atoms with van der Waals surface area (Å²) >= 11 is 0. The van der Waals surface area contributed by atoms with Crippen molar-refractivity contribution in [2.75, 3.05) is 13.1 Å². The van der Waals surface area contributed by atoms with E-state index < -0.39 is 0 Å². The molecule has 1 aliphatic rings. The molecule has 0 atom stereocenters. The number of amides is 1. The summed E-state index contributed by atoms with van der Waals surface area (Å²) in [7, 11) is 0. The number of H-pyrrole nitrogens is 1. The normalized spacial score (nSPS) is 15.8. The summed E-state index contributed by atoms with van der Waals surface area (Å²) in [6, 6.07) is 10.0. The maximum atomic E-state index is 12.1. The number of nitrogens with zero attached hydrogens (tertiary/aromatic N) is 1. The maximum absolute atomic E-state index is 12.1. The second kappa shape index (κ2) is 8.32. The molecule has 0 bridgehead atoms. The summed E-state index contributed by atoms with van der Waals surface area (Å²) in [4.78, 5) is 28.8. The second-order valence-electron chi connectivity index (χ2n) is 7.32. The zero-order valence-corrected chi connectivity index (χ0v) is 15.5. The van der Waals surface area contributed by atoms with Gasteiger partial charge in [0.15, 0.2) is 5.78 Å². The predicted octanol–water partition coefficient (Wildman–Crippen LogP) is 3.38. The number of benzene rings is 1. The van der Waals surface area contributed by atoms with E-state index in [-0.39, 0.29) is 11.7 Å². The van der Waals surface area contributed by atoms with Gasteiger partial charge in [0.2, 0.25) is 0 Å². The average Bonchev–Trinajstić information content (AvgIpc) is 3.13. The molecule has 138 valence electrons. The molecule has 5 nitrogen and oxygen atoms in total. The van der Waals surface area contributed by atoms with Crippen molar-refractivity contribution in [3.8, 4) is 0 Å². The molecule has 1 fully saturated rings. The molecule has 0 aliphatic carbocycles. The number of aromatic nitrogens is 1. The van der Waals surface area contributed by atoms with Crippen LogP contribution in [0.15, 0.2) is 36.5 Å². The van der Waals surface area contributed by atoms with E-state index in [4.69, 9.17) is 0 Å². The lowest BCUT2D eigenvalue weighted by Crippen LogP contribution is -2.32. The highest BCUT2D eigenvalue weighted by atomic mass is 16.2. The number of hydrogen-bond donors (Lipinski definition) is 2. The highest BCUT2D eigenvalue weighted by Gasteiger charge is 2.15. The summed E-state index contributed by atoms with van der Waals surface area (Å²) in [5, 5.41) is 2.88. The minimum absolute atomic E-state index is 0.0564. The van der Waals surface area contributed by atoms with Gasteiger partial charge in [-0.25, -0.2) is 0 Å². The van der Waals surface area contributed by atoms with Gasteiger partial charge in [-0.2, -0.15) is 0 Å². The van der Waals surface area contributed by atoms with E-state index in [1.54, 1.807) is 12.3 Å². The first kappa shape index (κ1) is 18.4. The summed E-state index contributed by atoms with van der Waals surface area (Å²) in [5.41, 5.74) is 3.30. The van der Waals surface area contributed by atoms with Crippen LogP contribution in [-0.2, 0) is 13.1 Å². The Kier molecular flexibility index (Phi) is 5.89. The predicted molar refractivity (Wildman–Crippen MR) is 102 cm³/mol. The van der Waals surface area contributed by atoms with E-state index in [9.17, 15) is 9.59 Å². The van der Waals surface area contributed by atoms with Gasteiger partial charge in [0, 0.05) is 24.8 Å². The first-order valence-corrected chi connectivity index (χ1v) is 9.29. The zero-order valence-electron chi connectivity index (χ0n) is 15.5. The molecule has 2 aromatic rings. The fourth-order valence-corrected chi connectivity index (χ4v) is 3.25. The highest BCUT2D eigenvalue weighted by Crippen LogP contribution is 2.18. The third kappa shape index (κ3) is 4.82. The number of Topliss-reactive ketones (excluding diaryl/α,β-unsaturated/α-hetero) is 1. The number of likely N-dealkylation sites (tertiary alicyclic amines) is 1. The molecular formula is C21H27N3O2. The summed E-state index contributed by atoms with van der Waals surface area (Å²) in [5.74, 6) is 0.589. The van der Waals surface area contributed by atoms with Gasteiger partial charge < -0.3 is 10.3 Å². The first-order chi connectivity index (χ1) is 12.5. The molecule has 0 unspecified atom stereocenters. The standard InChI is InChI=1S/C21H27N3O2/c1-15-7-9-24(10-8-15)14-18-5-3-17(4-6-18)12-23-21(26)20-11-19(13-22-20)16(2)25/h3-6,11,13,15,22H,7-10,12,14H2,1-2H3,(H,23,26). The first-order valence-electron chi connectivity index (χ1n) is 9.29. The number of rotatable bonds is 6. The lowest BCUT2D eigenvalue weighted by atomic mass is 9.99. The molecule has 0 spiro atoms. The van der Waals surface area contributed by atoms with Gasteiger partial charge in [-0.1, -0.05) is 31.2 Å². The topological polar surface area (TPSA) is 65.2 Å². The summed E-state index contributed by atoms with van der Waals surface area (Å²) in [6.07, 6.45) is 4.13. The molecule has 1 aromatic heterocycles. The Labute approximate surface area is 154 Å². The molecule has 1 saturated heterocycles. The van der Waals surface area contributed by atoms with E-state index in [0.29, 0.717) is 17.8 Å². The van der Waals surface area contributed by atoms with Crippen molar-refractivity contribution in [3.63, 3.8) is 0 Å². The highest BCUT2D eigenvalue weighted by molar-refractivity contribution is 5.99. The van der Waals surface area contributed by atoms with Gasteiger partial charge >= 0.3 is 0 Å². The van der Waals surface area contributed by atoms with Crippen LogP contribution < -0.4 is 5.32 Å². The van der Waals surface area contributed by atoms with Crippen LogP contribution in [0.25, 0.3) is 0 Å². The average molecular weight is 353 g/mol.